The van der Waals surface area contributed by atoms with Crippen molar-refractivity contribution in [3.05, 3.63) is 41.6 Å². The second-order valence-corrected chi connectivity index (χ2v) is 5.78. The molecule has 7 heteroatoms. The van der Waals surface area contributed by atoms with Gasteiger partial charge in [0, 0.05) is 32.7 Å². The summed E-state index contributed by atoms with van der Waals surface area (Å²) < 4.78 is 5.01. The van der Waals surface area contributed by atoms with E-state index in [4.69, 9.17) is 10.5 Å². The van der Waals surface area contributed by atoms with E-state index in [1.54, 1.807) is 0 Å². The minimum Gasteiger partial charge on any atom is 0 e. The third-order valence-electron chi connectivity index (χ3n) is 2.30. The normalized spacial score (nSPS) is 11.1. The van der Waals surface area contributed by atoms with Crippen LogP contribution in [0.5, 0.6) is 0 Å². The summed E-state index contributed by atoms with van der Waals surface area (Å²) >= 11 is 0.275. The van der Waals surface area contributed by atoms with Crippen LogP contribution < -0.4 is 5.32 Å². The molecule has 0 heterocycles. The van der Waals surface area contributed by atoms with Gasteiger partial charge in [0.2, 0.25) is 0 Å². The number of ether oxygens (including phenoxy) is 1. The number of amides is 1. The molecule has 0 saturated carbocycles. The van der Waals surface area contributed by atoms with Crippen molar-refractivity contribution in [3.8, 4) is 0 Å². The molecule has 0 fully saturated rings. The zero-order chi connectivity index (χ0) is 14.1. The fourth-order valence-corrected chi connectivity index (χ4v) is 2.33. The van der Waals surface area contributed by atoms with Crippen LogP contribution in [0.4, 0.5) is 0 Å². The van der Waals surface area contributed by atoms with Gasteiger partial charge in [0.1, 0.15) is 0 Å². The van der Waals surface area contributed by atoms with Gasteiger partial charge in [-0.2, -0.15) is 0 Å². The summed E-state index contributed by atoms with van der Waals surface area (Å²) in [7, 11) is 0. The van der Waals surface area contributed by atoms with Gasteiger partial charge in [0.25, 0.3) is 0 Å². The van der Waals surface area contributed by atoms with Crippen LogP contribution in [0.3, 0.4) is 0 Å². The van der Waals surface area contributed by atoms with Crippen LogP contribution in [0.2, 0.25) is 11.1 Å². The first-order valence-corrected chi connectivity index (χ1v) is 8.73. The van der Waals surface area contributed by atoms with Crippen LogP contribution in [-0.4, -0.2) is 39.4 Å². The molecule has 5 nitrogen and oxygen atoms in total. The number of esters is 1. The van der Waals surface area contributed by atoms with Crippen LogP contribution in [0.25, 0.3) is 5.73 Å². The maximum atomic E-state index is 11.4. The van der Waals surface area contributed by atoms with Gasteiger partial charge in [-0.3, -0.25) is 0 Å². The van der Waals surface area contributed by atoms with Gasteiger partial charge >= 0.3 is 118 Å². The number of hydrogen-bond donors (Lipinski definition) is 1. The van der Waals surface area contributed by atoms with Gasteiger partial charge in [0.05, 0.1) is 0 Å². The summed E-state index contributed by atoms with van der Waals surface area (Å²) in [6.45, 7) is 0.00960. The van der Waals surface area contributed by atoms with Gasteiger partial charge in [0.15, 0.2) is 0 Å². The van der Waals surface area contributed by atoms with E-state index in [0.29, 0.717) is 5.32 Å². The number of carbonyl (C=O) groups excluding carboxylic acids is 2. The summed E-state index contributed by atoms with van der Waals surface area (Å²) in [5.74, 6) is 1.06. The first-order valence-electron chi connectivity index (χ1n) is 5.80. The quantitative estimate of drug-likeness (QED) is 0.539. The minimum atomic E-state index is -0.785. The van der Waals surface area contributed by atoms with E-state index in [1.807, 2.05) is 36.2 Å². The average molecular weight is 417 g/mol. The Labute approximate surface area is 150 Å². The molecule has 0 aliphatic heterocycles. The van der Waals surface area contributed by atoms with E-state index in [2.05, 4.69) is 5.32 Å². The predicted molar refractivity (Wildman–Crippen MR) is 73.8 cm³/mol. The standard InChI is InChI=1S/C13H17N2O3Se.Y/c1-19-9-11(14)13(17)15-7-12(16)18-8-10-5-3-2-4-6-10;/h2-6,11,14H,7-9H2,1H3,(H,15,17);/q-1;/t11-;/m0./s1. The molecule has 1 amide bonds. The van der Waals surface area contributed by atoms with Crippen LogP contribution in [-0.2, 0) is 53.6 Å². The first-order chi connectivity index (χ1) is 9.13. The molecular weight excluding hydrogens is 400 g/mol. The zero-order valence-electron chi connectivity index (χ0n) is 11.3. The topological polar surface area (TPSA) is 79.2 Å². The number of nitrogens with one attached hydrogen (secondary N) is 2. The molecule has 0 aliphatic rings. The van der Waals surface area contributed by atoms with Crippen LogP contribution >= 0.6 is 0 Å². The second kappa shape index (κ2) is 11.4. The molecule has 0 aromatic heterocycles. The summed E-state index contributed by atoms with van der Waals surface area (Å²) in [5, 5.41) is 2.97. The monoisotopic (exact) mass is 418 g/mol. The van der Waals surface area contributed by atoms with Crippen molar-refractivity contribution in [2.75, 3.05) is 6.54 Å². The Hall–Kier alpha value is -0.257. The average Bonchev–Trinajstić information content (AvgIpc) is 2.43. The van der Waals surface area contributed by atoms with Crippen molar-refractivity contribution in [1.29, 1.82) is 0 Å². The van der Waals surface area contributed by atoms with Crippen LogP contribution in [0.15, 0.2) is 30.3 Å². The van der Waals surface area contributed by atoms with E-state index in [0.717, 1.165) is 5.56 Å². The van der Waals surface area contributed by atoms with E-state index in [-0.39, 0.29) is 60.8 Å². The smallest absolute Gasteiger partial charge is 0 e. The summed E-state index contributed by atoms with van der Waals surface area (Å²) in [4.78, 5) is 22.8. The van der Waals surface area contributed by atoms with E-state index >= 15 is 0 Å². The van der Waals surface area contributed by atoms with Gasteiger partial charge < -0.3 is 0 Å². The molecule has 1 atom stereocenters. The maximum Gasteiger partial charge on any atom is 0 e. The fraction of sp³-hybridized carbons (Fsp3) is 0.385. The third-order valence-corrected chi connectivity index (χ3v) is 3.70. The van der Waals surface area contributed by atoms with Crippen molar-refractivity contribution in [2.24, 2.45) is 0 Å². The van der Waals surface area contributed by atoms with Gasteiger partial charge in [-0.05, 0) is 0 Å². The second-order valence-electron chi connectivity index (χ2n) is 3.87. The Morgan fingerprint density at radius 3 is 2.60 bits per heavy atom. The summed E-state index contributed by atoms with van der Waals surface area (Å²) in [5.41, 5.74) is 8.41. The zero-order valence-corrected chi connectivity index (χ0v) is 15.8. The molecule has 1 aromatic rings. The molecule has 1 rings (SSSR count). The van der Waals surface area contributed by atoms with Crippen molar-refractivity contribution in [2.45, 2.75) is 23.8 Å². The Morgan fingerprint density at radius 2 is 2.00 bits per heavy atom. The maximum absolute atomic E-state index is 11.4. The molecule has 1 radical (unpaired) electrons. The molecule has 0 aliphatic carbocycles. The Morgan fingerprint density at radius 1 is 1.35 bits per heavy atom. The summed E-state index contributed by atoms with van der Waals surface area (Å²) in [6.07, 6.45) is 0. The van der Waals surface area contributed by atoms with Gasteiger partial charge in [-0.15, -0.1) is 0 Å². The molecule has 107 valence electrons. The number of hydrogen-bond acceptors (Lipinski definition) is 3. The van der Waals surface area contributed by atoms with Gasteiger partial charge in [-0.25, -0.2) is 0 Å². The van der Waals surface area contributed by atoms with Crippen molar-refractivity contribution in [1.82, 2.24) is 5.32 Å². The largest absolute Gasteiger partial charge is 0 e. The van der Waals surface area contributed by atoms with E-state index in [1.165, 1.54) is 0 Å². The molecule has 0 spiro atoms. The third kappa shape index (κ3) is 8.12. The SMILES string of the molecule is C[Se]C[C@H]([NH-])C(=O)NCC(=O)OCc1ccccc1.[Y]. The summed E-state index contributed by atoms with van der Waals surface area (Å²) in [6, 6.07) is 8.54. The number of carbonyl (C=O) groups is 2. The predicted octanol–water partition coefficient (Wildman–Crippen LogP) is 1.43. The van der Waals surface area contributed by atoms with E-state index < -0.39 is 17.9 Å². The molecule has 20 heavy (non-hydrogen) atoms. The van der Waals surface area contributed by atoms with Crippen molar-refractivity contribution >= 4 is 26.8 Å². The van der Waals surface area contributed by atoms with Crippen LogP contribution in [0, 0.1) is 0 Å². The minimum absolute atomic E-state index is 0. The Bertz CT molecular complexity index is 417. The van der Waals surface area contributed by atoms with E-state index in [9.17, 15) is 9.59 Å². The van der Waals surface area contributed by atoms with Crippen molar-refractivity contribution in [3.63, 3.8) is 0 Å². The Kier molecular flexibility index (Phi) is 11.3. The van der Waals surface area contributed by atoms with Crippen LogP contribution in [0.1, 0.15) is 5.56 Å². The number of benzene rings is 1. The molecule has 0 unspecified atom stereocenters. The molecule has 0 saturated heterocycles. The van der Waals surface area contributed by atoms with Crippen molar-refractivity contribution < 1.29 is 47.0 Å². The number of rotatable bonds is 7. The first kappa shape index (κ1) is 19.7. The fourth-order valence-electron chi connectivity index (χ4n) is 1.31. The molecule has 1 aromatic carbocycles. The Balaban J connectivity index is 0.00000361. The molecule has 2 N–H and O–H groups in total. The molecular formula is C13H17N2O3SeY-. The molecule has 0 bridgehead atoms. The van der Waals surface area contributed by atoms with Gasteiger partial charge in [-0.1, -0.05) is 0 Å².